The largest absolute Gasteiger partial charge is 0.493 e. The highest BCUT2D eigenvalue weighted by atomic mass is 35.5. The predicted molar refractivity (Wildman–Crippen MR) is 142 cm³/mol. The molecule has 0 spiro atoms. The number of nitrogens with one attached hydrogen (secondary N) is 1. The maximum Gasteiger partial charge on any atom is 0.243 e. The summed E-state index contributed by atoms with van der Waals surface area (Å²) in [6.07, 6.45) is 0. The number of rotatable bonds is 10. The number of amides is 1. The molecule has 1 amide bonds. The molecular weight excluding hydrogens is 547 g/mol. The van der Waals surface area contributed by atoms with E-state index in [2.05, 4.69) is 5.32 Å². The SMILES string of the molecule is COc1ccc(C(C)NC(=O)CN(Cc2ccc(Cl)cc2Cl)S(=O)(=O)c2ccc(Cl)cc2)cc1OC. The van der Waals surface area contributed by atoms with Crippen molar-refractivity contribution in [3.63, 3.8) is 0 Å². The van der Waals surface area contributed by atoms with Gasteiger partial charge in [0.05, 0.1) is 31.7 Å². The first-order valence-corrected chi connectivity index (χ1v) is 13.3. The van der Waals surface area contributed by atoms with Crippen LogP contribution in [0.4, 0.5) is 0 Å². The average Bonchev–Trinajstić information content (AvgIpc) is 2.84. The predicted octanol–water partition coefficient (Wildman–Crippen LogP) is 5.73. The highest BCUT2D eigenvalue weighted by Crippen LogP contribution is 2.30. The van der Waals surface area contributed by atoms with Crippen molar-refractivity contribution >= 4 is 50.7 Å². The lowest BCUT2D eigenvalue weighted by atomic mass is 10.1. The molecular formula is C25H25Cl3N2O5S. The second-order valence-corrected chi connectivity index (χ2v) is 11.1. The van der Waals surface area contributed by atoms with Crippen LogP contribution >= 0.6 is 34.8 Å². The number of carbonyl (C=O) groups excluding carboxylic acids is 1. The number of methoxy groups -OCH3 is 2. The van der Waals surface area contributed by atoms with E-state index in [1.807, 2.05) is 0 Å². The smallest absolute Gasteiger partial charge is 0.243 e. The van der Waals surface area contributed by atoms with Crippen LogP contribution in [-0.2, 0) is 21.4 Å². The van der Waals surface area contributed by atoms with Crippen LogP contribution in [0, 0.1) is 0 Å². The van der Waals surface area contributed by atoms with Crippen molar-refractivity contribution < 1.29 is 22.7 Å². The van der Waals surface area contributed by atoms with Gasteiger partial charge in [0.2, 0.25) is 15.9 Å². The Balaban J connectivity index is 1.86. The molecule has 0 aliphatic heterocycles. The Morgan fingerprint density at radius 2 is 1.56 bits per heavy atom. The molecule has 0 saturated heterocycles. The first kappa shape index (κ1) is 28.1. The summed E-state index contributed by atoms with van der Waals surface area (Å²) in [4.78, 5) is 13.0. The van der Waals surface area contributed by atoms with E-state index >= 15 is 0 Å². The first-order chi connectivity index (χ1) is 17.0. The number of benzene rings is 3. The minimum atomic E-state index is -4.07. The Morgan fingerprint density at radius 3 is 2.17 bits per heavy atom. The molecule has 1 N–H and O–H groups in total. The highest BCUT2D eigenvalue weighted by Gasteiger charge is 2.28. The second-order valence-electron chi connectivity index (χ2n) is 7.87. The number of nitrogens with zero attached hydrogens (tertiary/aromatic N) is 1. The van der Waals surface area contributed by atoms with Gasteiger partial charge < -0.3 is 14.8 Å². The fourth-order valence-electron chi connectivity index (χ4n) is 3.47. The van der Waals surface area contributed by atoms with Crippen molar-refractivity contribution in [2.75, 3.05) is 20.8 Å². The average molecular weight is 572 g/mol. The highest BCUT2D eigenvalue weighted by molar-refractivity contribution is 7.89. The molecule has 1 unspecified atom stereocenters. The lowest BCUT2D eigenvalue weighted by Crippen LogP contribution is -2.41. The van der Waals surface area contributed by atoms with Crippen molar-refractivity contribution in [3.05, 3.63) is 86.9 Å². The van der Waals surface area contributed by atoms with Crippen molar-refractivity contribution in [2.45, 2.75) is 24.4 Å². The molecule has 0 bridgehead atoms. The van der Waals surface area contributed by atoms with Crippen molar-refractivity contribution in [1.29, 1.82) is 0 Å². The Hall–Kier alpha value is -2.49. The molecule has 1 atom stereocenters. The van der Waals surface area contributed by atoms with Gasteiger partial charge in [-0.15, -0.1) is 0 Å². The molecule has 11 heteroatoms. The van der Waals surface area contributed by atoms with Gasteiger partial charge in [-0.05, 0) is 66.6 Å². The van der Waals surface area contributed by atoms with Gasteiger partial charge in [-0.3, -0.25) is 4.79 Å². The molecule has 36 heavy (non-hydrogen) atoms. The summed E-state index contributed by atoms with van der Waals surface area (Å²) in [6, 6.07) is 15.3. The monoisotopic (exact) mass is 570 g/mol. The van der Waals surface area contributed by atoms with Gasteiger partial charge in [0, 0.05) is 21.6 Å². The van der Waals surface area contributed by atoms with E-state index in [-0.39, 0.29) is 16.5 Å². The molecule has 0 radical (unpaired) electrons. The molecule has 0 fully saturated rings. The van der Waals surface area contributed by atoms with E-state index in [9.17, 15) is 13.2 Å². The van der Waals surface area contributed by atoms with Crippen LogP contribution in [0.3, 0.4) is 0 Å². The van der Waals surface area contributed by atoms with Gasteiger partial charge in [0.1, 0.15) is 0 Å². The second kappa shape index (κ2) is 12.2. The van der Waals surface area contributed by atoms with Crippen LogP contribution in [-0.4, -0.2) is 39.4 Å². The Labute approximate surface area is 225 Å². The summed E-state index contributed by atoms with van der Waals surface area (Å²) in [7, 11) is -1.02. The summed E-state index contributed by atoms with van der Waals surface area (Å²) in [5.74, 6) is 0.570. The van der Waals surface area contributed by atoms with Crippen molar-refractivity contribution in [1.82, 2.24) is 9.62 Å². The zero-order valence-electron chi connectivity index (χ0n) is 19.8. The lowest BCUT2D eigenvalue weighted by molar-refractivity contribution is -0.122. The third-order valence-corrected chi connectivity index (χ3v) is 8.06. The summed E-state index contributed by atoms with van der Waals surface area (Å²) in [6.45, 7) is 1.20. The van der Waals surface area contributed by atoms with E-state index in [1.165, 1.54) is 44.6 Å². The summed E-state index contributed by atoms with van der Waals surface area (Å²) in [5, 5.41) is 3.94. The molecule has 0 aromatic heterocycles. The number of ether oxygens (including phenoxy) is 2. The van der Waals surface area contributed by atoms with Gasteiger partial charge >= 0.3 is 0 Å². The summed E-state index contributed by atoms with van der Waals surface area (Å²) < 4.78 is 38.6. The molecule has 0 heterocycles. The minimum Gasteiger partial charge on any atom is -0.493 e. The molecule has 0 aliphatic carbocycles. The van der Waals surface area contributed by atoms with Crippen molar-refractivity contribution in [2.24, 2.45) is 0 Å². The molecule has 3 rings (SSSR count). The van der Waals surface area contributed by atoms with Crippen molar-refractivity contribution in [3.8, 4) is 11.5 Å². The Bertz CT molecular complexity index is 1330. The molecule has 192 valence electrons. The Morgan fingerprint density at radius 1 is 0.917 bits per heavy atom. The van der Waals surface area contributed by atoms with E-state index < -0.39 is 28.5 Å². The maximum atomic E-state index is 13.5. The maximum absolute atomic E-state index is 13.5. The fraction of sp³-hybridized carbons (Fsp3) is 0.240. The number of hydrogen-bond donors (Lipinski definition) is 1. The van der Waals surface area contributed by atoms with Gasteiger partial charge in [-0.25, -0.2) is 8.42 Å². The molecule has 0 aliphatic rings. The van der Waals surface area contributed by atoms with Crippen LogP contribution in [0.15, 0.2) is 65.6 Å². The fourth-order valence-corrected chi connectivity index (χ4v) is 5.44. The third-order valence-electron chi connectivity index (χ3n) is 5.42. The van der Waals surface area contributed by atoms with Crippen LogP contribution < -0.4 is 14.8 Å². The van der Waals surface area contributed by atoms with E-state index in [1.54, 1.807) is 37.3 Å². The van der Waals surface area contributed by atoms with Gasteiger partial charge in [-0.1, -0.05) is 46.9 Å². The number of hydrogen-bond acceptors (Lipinski definition) is 5. The number of halogens is 3. The quantitative estimate of drug-likeness (QED) is 0.336. The zero-order chi connectivity index (χ0) is 26.5. The van der Waals surface area contributed by atoms with E-state index in [4.69, 9.17) is 44.3 Å². The van der Waals surface area contributed by atoms with Gasteiger partial charge in [0.25, 0.3) is 0 Å². The van der Waals surface area contributed by atoms with Gasteiger partial charge in [-0.2, -0.15) is 4.31 Å². The van der Waals surface area contributed by atoms with Crippen LogP contribution in [0.5, 0.6) is 11.5 Å². The zero-order valence-corrected chi connectivity index (χ0v) is 22.9. The minimum absolute atomic E-state index is 0.00211. The molecule has 3 aromatic rings. The standard InChI is InChI=1S/C25H25Cl3N2O5S/c1-16(17-5-11-23(34-2)24(12-17)35-3)29-25(31)15-30(14-18-4-6-20(27)13-22(18)28)36(32,33)21-9-7-19(26)8-10-21/h4-13,16H,14-15H2,1-3H3,(H,29,31). The number of sulfonamides is 1. The normalized spacial score (nSPS) is 12.3. The topological polar surface area (TPSA) is 84.9 Å². The van der Waals surface area contributed by atoms with Crippen LogP contribution in [0.25, 0.3) is 0 Å². The van der Waals surface area contributed by atoms with Crippen LogP contribution in [0.1, 0.15) is 24.1 Å². The summed E-state index contributed by atoms with van der Waals surface area (Å²) >= 11 is 18.2. The molecule has 0 saturated carbocycles. The first-order valence-electron chi connectivity index (χ1n) is 10.8. The Kier molecular flexibility index (Phi) is 9.49. The lowest BCUT2D eigenvalue weighted by Gasteiger charge is -2.24. The molecule has 3 aromatic carbocycles. The third kappa shape index (κ3) is 6.83. The van der Waals surface area contributed by atoms with E-state index in [0.717, 1.165) is 9.87 Å². The van der Waals surface area contributed by atoms with Crippen LogP contribution in [0.2, 0.25) is 15.1 Å². The number of carbonyl (C=O) groups is 1. The van der Waals surface area contributed by atoms with E-state index in [0.29, 0.717) is 27.1 Å². The summed E-state index contributed by atoms with van der Waals surface area (Å²) in [5.41, 5.74) is 1.26. The molecule has 7 nitrogen and oxygen atoms in total. The van der Waals surface area contributed by atoms with Gasteiger partial charge in [0.15, 0.2) is 11.5 Å².